The lowest BCUT2D eigenvalue weighted by atomic mass is 9.96. The fourth-order valence-electron chi connectivity index (χ4n) is 2.20. The van der Waals surface area contributed by atoms with E-state index < -0.39 is 0 Å². The number of hydrogen-bond acceptors (Lipinski definition) is 2. The van der Waals surface area contributed by atoms with Gasteiger partial charge in [0, 0.05) is 24.0 Å². The fraction of sp³-hybridized carbons (Fsp3) is 0.385. The summed E-state index contributed by atoms with van der Waals surface area (Å²) >= 11 is 16.9. The van der Waals surface area contributed by atoms with Gasteiger partial charge in [-0.1, -0.05) is 35.4 Å². The van der Waals surface area contributed by atoms with Crippen LogP contribution < -0.4 is 5.73 Å². The molecule has 6 heteroatoms. The van der Waals surface area contributed by atoms with Gasteiger partial charge in [-0.25, -0.2) is 0 Å². The van der Waals surface area contributed by atoms with E-state index in [0.717, 1.165) is 12.8 Å². The summed E-state index contributed by atoms with van der Waals surface area (Å²) < 4.78 is 0. The number of thiocarbonyl (C=S) groups is 1. The minimum Gasteiger partial charge on any atom is -0.393 e. The second kappa shape index (κ2) is 6.07. The van der Waals surface area contributed by atoms with Crippen molar-refractivity contribution in [1.82, 2.24) is 4.90 Å². The molecule has 3 nitrogen and oxygen atoms in total. The van der Waals surface area contributed by atoms with E-state index in [1.54, 1.807) is 23.1 Å². The Morgan fingerprint density at radius 3 is 2.53 bits per heavy atom. The van der Waals surface area contributed by atoms with E-state index in [1.165, 1.54) is 0 Å². The van der Waals surface area contributed by atoms with Gasteiger partial charge in [-0.3, -0.25) is 4.79 Å². The first-order chi connectivity index (χ1) is 8.99. The molecule has 1 aliphatic heterocycles. The van der Waals surface area contributed by atoms with E-state index >= 15 is 0 Å². The topological polar surface area (TPSA) is 46.3 Å². The summed E-state index contributed by atoms with van der Waals surface area (Å²) in [4.78, 5) is 14.7. The summed E-state index contributed by atoms with van der Waals surface area (Å²) in [5, 5.41) is 0.927. The number of rotatable bonds is 2. The zero-order valence-electron chi connectivity index (χ0n) is 10.2. The molecule has 102 valence electrons. The number of halogens is 2. The van der Waals surface area contributed by atoms with E-state index in [2.05, 4.69) is 0 Å². The van der Waals surface area contributed by atoms with Crippen LogP contribution in [-0.2, 0) is 0 Å². The highest BCUT2D eigenvalue weighted by molar-refractivity contribution is 7.80. The van der Waals surface area contributed by atoms with Crippen molar-refractivity contribution < 1.29 is 4.79 Å². The van der Waals surface area contributed by atoms with Gasteiger partial charge in [0.2, 0.25) is 0 Å². The van der Waals surface area contributed by atoms with E-state index in [1.807, 2.05) is 0 Å². The number of carbonyl (C=O) groups is 1. The SMILES string of the molecule is NC(=S)C1CCN(C(=O)c2cc(Cl)ccc2Cl)CC1. The van der Waals surface area contributed by atoms with Gasteiger partial charge in [0.1, 0.15) is 0 Å². The van der Waals surface area contributed by atoms with Gasteiger partial charge in [0.25, 0.3) is 5.91 Å². The Balaban J connectivity index is 2.09. The lowest BCUT2D eigenvalue weighted by Crippen LogP contribution is -2.41. The van der Waals surface area contributed by atoms with E-state index in [9.17, 15) is 4.79 Å². The molecular weight excluding hydrogens is 303 g/mol. The normalized spacial score (nSPS) is 16.4. The Morgan fingerprint density at radius 2 is 1.95 bits per heavy atom. The van der Waals surface area contributed by atoms with Crippen LogP contribution in [0.2, 0.25) is 10.0 Å². The second-order valence-corrected chi connectivity index (χ2v) is 5.91. The van der Waals surface area contributed by atoms with Gasteiger partial charge >= 0.3 is 0 Å². The lowest BCUT2D eigenvalue weighted by Gasteiger charge is -2.31. The minimum atomic E-state index is -0.0890. The molecule has 0 radical (unpaired) electrons. The molecule has 0 unspecified atom stereocenters. The molecule has 0 spiro atoms. The Kier molecular flexibility index (Phi) is 4.66. The van der Waals surface area contributed by atoms with Gasteiger partial charge in [-0.2, -0.15) is 0 Å². The largest absolute Gasteiger partial charge is 0.393 e. The third-order valence-electron chi connectivity index (χ3n) is 3.34. The second-order valence-electron chi connectivity index (χ2n) is 4.59. The quantitative estimate of drug-likeness (QED) is 0.853. The van der Waals surface area contributed by atoms with E-state index in [0.29, 0.717) is 33.7 Å². The maximum Gasteiger partial charge on any atom is 0.255 e. The summed E-state index contributed by atoms with van der Waals surface area (Å²) in [6.45, 7) is 1.29. The molecule has 0 aromatic heterocycles. The highest BCUT2D eigenvalue weighted by Gasteiger charge is 2.26. The average Bonchev–Trinajstić information content (AvgIpc) is 2.41. The Labute approximate surface area is 127 Å². The first kappa shape index (κ1) is 14.6. The molecule has 1 fully saturated rings. The molecule has 2 rings (SSSR count). The van der Waals surface area contributed by atoms with Crippen LogP contribution in [0, 0.1) is 5.92 Å². The molecule has 0 aliphatic carbocycles. The van der Waals surface area contributed by atoms with Crippen molar-refractivity contribution in [3.05, 3.63) is 33.8 Å². The van der Waals surface area contributed by atoms with Crippen molar-refractivity contribution in [1.29, 1.82) is 0 Å². The predicted octanol–water partition coefficient (Wildman–Crippen LogP) is 3.13. The summed E-state index contributed by atoms with van der Waals surface area (Å²) in [5.41, 5.74) is 6.08. The van der Waals surface area contributed by atoms with Gasteiger partial charge in [0.05, 0.1) is 15.6 Å². The fourth-order valence-corrected chi connectivity index (χ4v) is 2.81. The van der Waals surface area contributed by atoms with Crippen LogP contribution in [0.4, 0.5) is 0 Å². The van der Waals surface area contributed by atoms with Gasteiger partial charge in [0.15, 0.2) is 0 Å². The van der Waals surface area contributed by atoms with Crippen molar-refractivity contribution in [3.63, 3.8) is 0 Å². The predicted molar refractivity (Wildman–Crippen MR) is 81.9 cm³/mol. The summed E-state index contributed by atoms with van der Waals surface area (Å²) in [6, 6.07) is 4.91. The number of hydrogen-bond donors (Lipinski definition) is 1. The number of nitrogens with zero attached hydrogens (tertiary/aromatic N) is 1. The van der Waals surface area contributed by atoms with Crippen molar-refractivity contribution in [2.24, 2.45) is 11.7 Å². The maximum absolute atomic E-state index is 12.4. The minimum absolute atomic E-state index is 0.0890. The van der Waals surface area contributed by atoms with Crippen LogP contribution in [0.1, 0.15) is 23.2 Å². The summed E-state index contributed by atoms with van der Waals surface area (Å²) in [5.74, 6) is 0.141. The van der Waals surface area contributed by atoms with Crippen LogP contribution in [0.3, 0.4) is 0 Å². The monoisotopic (exact) mass is 316 g/mol. The van der Waals surface area contributed by atoms with E-state index in [-0.39, 0.29) is 11.8 Å². The van der Waals surface area contributed by atoms with Gasteiger partial charge in [-0.15, -0.1) is 0 Å². The van der Waals surface area contributed by atoms with Crippen LogP contribution >= 0.6 is 35.4 Å². The molecule has 2 N–H and O–H groups in total. The third-order valence-corrected chi connectivity index (χ3v) is 4.24. The van der Waals surface area contributed by atoms with Crippen molar-refractivity contribution in [3.8, 4) is 0 Å². The van der Waals surface area contributed by atoms with Crippen LogP contribution in [-0.4, -0.2) is 28.9 Å². The van der Waals surface area contributed by atoms with Crippen molar-refractivity contribution >= 4 is 46.3 Å². The molecule has 1 aromatic rings. The highest BCUT2D eigenvalue weighted by atomic mass is 35.5. The maximum atomic E-state index is 12.4. The van der Waals surface area contributed by atoms with Crippen LogP contribution in [0.15, 0.2) is 18.2 Å². The van der Waals surface area contributed by atoms with Crippen LogP contribution in [0.25, 0.3) is 0 Å². The first-order valence-electron chi connectivity index (χ1n) is 6.02. The number of amides is 1. The molecular formula is C13H14Cl2N2OS. The number of benzene rings is 1. The summed E-state index contributed by atoms with van der Waals surface area (Å²) in [6.07, 6.45) is 1.61. The standard InChI is InChI=1S/C13H14Cl2N2OS/c14-9-1-2-11(15)10(7-9)13(18)17-5-3-8(4-6-17)12(16)19/h1-2,7-8H,3-6H2,(H2,16,19). The highest BCUT2D eigenvalue weighted by Crippen LogP contribution is 2.25. The molecule has 0 atom stereocenters. The zero-order chi connectivity index (χ0) is 14.0. The average molecular weight is 317 g/mol. The lowest BCUT2D eigenvalue weighted by molar-refractivity contribution is 0.0710. The molecule has 0 saturated carbocycles. The Morgan fingerprint density at radius 1 is 1.32 bits per heavy atom. The molecule has 1 amide bonds. The van der Waals surface area contributed by atoms with E-state index in [4.69, 9.17) is 41.2 Å². The molecule has 1 saturated heterocycles. The third kappa shape index (κ3) is 3.38. The molecule has 19 heavy (non-hydrogen) atoms. The Bertz CT molecular complexity index is 513. The zero-order valence-corrected chi connectivity index (χ0v) is 12.6. The van der Waals surface area contributed by atoms with Gasteiger partial charge in [-0.05, 0) is 31.0 Å². The van der Waals surface area contributed by atoms with Crippen LogP contribution in [0.5, 0.6) is 0 Å². The van der Waals surface area contributed by atoms with Crippen molar-refractivity contribution in [2.45, 2.75) is 12.8 Å². The molecule has 1 heterocycles. The van der Waals surface area contributed by atoms with Gasteiger partial charge < -0.3 is 10.6 Å². The summed E-state index contributed by atoms with van der Waals surface area (Å²) in [7, 11) is 0. The first-order valence-corrected chi connectivity index (χ1v) is 7.19. The number of carbonyl (C=O) groups excluding carboxylic acids is 1. The molecule has 1 aromatic carbocycles. The Hall–Kier alpha value is -0.840. The number of likely N-dealkylation sites (tertiary alicyclic amines) is 1. The number of nitrogens with two attached hydrogens (primary N) is 1. The smallest absolute Gasteiger partial charge is 0.255 e. The molecule has 1 aliphatic rings. The van der Waals surface area contributed by atoms with Crippen molar-refractivity contribution in [2.75, 3.05) is 13.1 Å². The number of piperidine rings is 1. The molecule has 0 bridgehead atoms.